The zero-order valence-electron chi connectivity index (χ0n) is 13.3. The van der Waals surface area contributed by atoms with Crippen molar-refractivity contribution in [3.8, 4) is 0 Å². The second kappa shape index (κ2) is 6.42. The van der Waals surface area contributed by atoms with Crippen molar-refractivity contribution < 1.29 is 4.79 Å². The lowest BCUT2D eigenvalue weighted by Crippen LogP contribution is -2.31. The highest BCUT2D eigenvalue weighted by Crippen LogP contribution is 2.21. The number of rotatable bonds is 3. The molecule has 0 atom stereocenters. The summed E-state index contributed by atoms with van der Waals surface area (Å²) in [6, 6.07) is 20.4. The monoisotopic (exact) mass is 318 g/mol. The predicted molar refractivity (Wildman–Crippen MR) is 98.8 cm³/mol. The second-order valence-corrected chi connectivity index (χ2v) is 5.52. The van der Waals surface area contributed by atoms with Gasteiger partial charge in [0, 0.05) is 24.0 Å². The van der Waals surface area contributed by atoms with Crippen molar-refractivity contribution in [3.05, 3.63) is 72.3 Å². The molecule has 0 saturated heterocycles. The van der Waals surface area contributed by atoms with E-state index in [0.29, 0.717) is 11.3 Å². The summed E-state index contributed by atoms with van der Waals surface area (Å²) in [4.78, 5) is 13.9. The van der Waals surface area contributed by atoms with E-state index in [4.69, 9.17) is 11.1 Å². The normalized spacial score (nSPS) is 10.4. The Bertz CT molecular complexity index is 906. The number of nitrogens with one attached hydrogen (secondary N) is 2. The Morgan fingerprint density at radius 3 is 2.38 bits per heavy atom. The molecule has 0 unspecified atom stereocenters. The molecule has 4 N–H and O–H groups in total. The fourth-order valence-corrected chi connectivity index (χ4v) is 2.47. The third-order valence-corrected chi connectivity index (χ3v) is 3.85. The molecule has 0 radical (unpaired) electrons. The zero-order chi connectivity index (χ0) is 17.1. The van der Waals surface area contributed by atoms with Gasteiger partial charge in [-0.3, -0.25) is 10.3 Å². The second-order valence-electron chi connectivity index (χ2n) is 5.52. The highest BCUT2D eigenvalue weighted by Gasteiger charge is 2.10. The Labute approximate surface area is 140 Å². The largest absolute Gasteiger partial charge is 0.384 e. The Hall–Kier alpha value is -3.34. The fraction of sp³-hybridized carbons (Fsp3) is 0.0526. The van der Waals surface area contributed by atoms with E-state index in [1.54, 1.807) is 18.0 Å². The first-order chi connectivity index (χ1) is 11.5. The Kier molecular flexibility index (Phi) is 4.16. The smallest absolute Gasteiger partial charge is 0.326 e. The van der Waals surface area contributed by atoms with Gasteiger partial charge in [0.15, 0.2) is 0 Å². The average Bonchev–Trinajstić information content (AvgIpc) is 2.61. The number of anilines is 2. The van der Waals surface area contributed by atoms with Crippen LogP contribution < -0.4 is 16.0 Å². The van der Waals surface area contributed by atoms with Gasteiger partial charge in [-0.15, -0.1) is 0 Å². The summed E-state index contributed by atoms with van der Waals surface area (Å²) in [6.07, 6.45) is 0. The summed E-state index contributed by atoms with van der Waals surface area (Å²) in [5.74, 6) is 0.0405. The number of fused-ring (bicyclic) bond motifs is 1. The van der Waals surface area contributed by atoms with E-state index < -0.39 is 0 Å². The van der Waals surface area contributed by atoms with Gasteiger partial charge in [-0.05, 0) is 41.1 Å². The van der Waals surface area contributed by atoms with Crippen LogP contribution in [0.4, 0.5) is 16.2 Å². The molecule has 5 nitrogen and oxygen atoms in total. The van der Waals surface area contributed by atoms with Crippen molar-refractivity contribution in [3.63, 3.8) is 0 Å². The van der Waals surface area contributed by atoms with Gasteiger partial charge in [0.05, 0.1) is 0 Å². The molecule has 0 fully saturated rings. The summed E-state index contributed by atoms with van der Waals surface area (Å²) in [5.41, 5.74) is 7.73. The SMILES string of the molecule is CN(C(=O)Nc1ccc2cc(C(=N)N)ccc2c1)c1ccccc1. The minimum absolute atomic E-state index is 0.0405. The van der Waals surface area contributed by atoms with E-state index in [-0.39, 0.29) is 11.9 Å². The number of urea groups is 1. The van der Waals surface area contributed by atoms with Gasteiger partial charge < -0.3 is 11.1 Å². The summed E-state index contributed by atoms with van der Waals surface area (Å²) in [7, 11) is 1.73. The number of carbonyl (C=O) groups is 1. The van der Waals surface area contributed by atoms with Crippen LogP contribution in [0.3, 0.4) is 0 Å². The molecule has 24 heavy (non-hydrogen) atoms. The molecule has 3 aromatic rings. The van der Waals surface area contributed by atoms with Crippen LogP contribution in [0.15, 0.2) is 66.7 Å². The molecule has 120 valence electrons. The van der Waals surface area contributed by atoms with Gasteiger partial charge in [0.25, 0.3) is 0 Å². The number of nitrogens with zero attached hydrogens (tertiary/aromatic N) is 1. The molecule has 0 aliphatic heterocycles. The van der Waals surface area contributed by atoms with Crippen molar-refractivity contribution >= 4 is 34.0 Å². The first kappa shape index (κ1) is 15.6. The third kappa shape index (κ3) is 3.20. The molecule has 0 aliphatic rings. The van der Waals surface area contributed by atoms with Crippen molar-refractivity contribution in [1.82, 2.24) is 0 Å². The molecular weight excluding hydrogens is 300 g/mol. The van der Waals surface area contributed by atoms with Crippen LogP contribution in [-0.4, -0.2) is 18.9 Å². The number of nitrogen functional groups attached to an aromatic ring is 1. The highest BCUT2D eigenvalue weighted by molar-refractivity contribution is 6.03. The van der Waals surface area contributed by atoms with Crippen molar-refractivity contribution in [2.24, 2.45) is 5.73 Å². The summed E-state index contributed by atoms with van der Waals surface area (Å²) in [6.45, 7) is 0. The molecule has 0 aromatic heterocycles. The summed E-state index contributed by atoms with van der Waals surface area (Å²) in [5, 5.41) is 12.3. The fourth-order valence-electron chi connectivity index (χ4n) is 2.47. The van der Waals surface area contributed by atoms with Crippen LogP contribution in [0.2, 0.25) is 0 Å². The molecule has 0 aliphatic carbocycles. The number of hydrogen-bond acceptors (Lipinski definition) is 2. The molecule has 0 bridgehead atoms. The predicted octanol–water partition coefficient (Wildman–Crippen LogP) is 3.79. The first-order valence-corrected chi connectivity index (χ1v) is 7.52. The number of amides is 2. The van der Waals surface area contributed by atoms with Crippen LogP contribution >= 0.6 is 0 Å². The lowest BCUT2D eigenvalue weighted by molar-refractivity contribution is 0.258. The number of carbonyl (C=O) groups excluding carboxylic acids is 1. The molecule has 3 rings (SSSR count). The summed E-state index contributed by atoms with van der Waals surface area (Å²) >= 11 is 0. The quantitative estimate of drug-likeness (QED) is 0.507. The van der Waals surface area contributed by atoms with Crippen LogP contribution in [0, 0.1) is 5.41 Å². The van der Waals surface area contributed by atoms with Gasteiger partial charge in [-0.1, -0.05) is 36.4 Å². The van der Waals surface area contributed by atoms with E-state index in [2.05, 4.69) is 5.32 Å². The third-order valence-electron chi connectivity index (χ3n) is 3.85. The molecule has 2 amide bonds. The van der Waals surface area contributed by atoms with Gasteiger partial charge >= 0.3 is 6.03 Å². The Morgan fingerprint density at radius 1 is 1.00 bits per heavy atom. The van der Waals surface area contributed by atoms with Crippen molar-refractivity contribution in [2.45, 2.75) is 0 Å². The number of hydrogen-bond donors (Lipinski definition) is 3. The maximum atomic E-state index is 12.4. The van der Waals surface area contributed by atoms with Crippen LogP contribution in [0.1, 0.15) is 5.56 Å². The first-order valence-electron chi connectivity index (χ1n) is 7.52. The molecule has 3 aromatic carbocycles. The minimum Gasteiger partial charge on any atom is -0.384 e. The molecule has 0 heterocycles. The number of para-hydroxylation sites is 1. The Balaban J connectivity index is 1.81. The van der Waals surface area contributed by atoms with Crippen LogP contribution in [-0.2, 0) is 0 Å². The van der Waals surface area contributed by atoms with Gasteiger partial charge in [0.2, 0.25) is 0 Å². The number of benzene rings is 3. The minimum atomic E-state index is -0.207. The van der Waals surface area contributed by atoms with E-state index in [9.17, 15) is 4.79 Å². The van der Waals surface area contributed by atoms with Crippen molar-refractivity contribution in [2.75, 3.05) is 17.3 Å². The summed E-state index contributed by atoms with van der Waals surface area (Å²) < 4.78 is 0. The number of nitrogens with two attached hydrogens (primary N) is 1. The van der Waals surface area contributed by atoms with Gasteiger partial charge in [-0.2, -0.15) is 0 Å². The molecule has 0 saturated carbocycles. The zero-order valence-corrected chi connectivity index (χ0v) is 13.3. The molecule has 0 spiro atoms. The van der Waals surface area contributed by atoms with E-state index >= 15 is 0 Å². The standard InChI is InChI=1S/C19H18N4O/c1-23(17-5-3-2-4-6-17)19(24)22-16-10-9-13-11-15(18(20)21)8-7-14(13)12-16/h2-12H,1H3,(H3,20,21)(H,22,24). The lowest BCUT2D eigenvalue weighted by Gasteiger charge is -2.18. The van der Waals surface area contributed by atoms with Crippen LogP contribution in [0.25, 0.3) is 10.8 Å². The van der Waals surface area contributed by atoms with E-state index in [1.165, 1.54) is 0 Å². The van der Waals surface area contributed by atoms with Gasteiger partial charge in [-0.25, -0.2) is 4.79 Å². The van der Waals surface area contributed by atoms with Crippen molar-refractivity contribution in [1.29, 1.82) is 5.41 Å². The van der Waals surface area contributed by atoms with E-state index in [0.717, 1.165) is 16.5 Å². The van der Waals surface area contributed by atoms with E-state index in [1.807, 2.05) is 60.7 Å². The lowest BCUT2D eigenvalue weighted by atomic mass is 10.1. The topological polar surface area (TPSA) is 82.2 Å². The van der Waals surface area contributed by atoms with Gasteiger partial charge in [0.1, 0.15) is 5.84 Å². The molecule has 5 heteroatoms. The Morgan fingerprint density at radius 2 is 1.67 bits per heavy atom. The molecular formula is C19H18N4O. The maximum Gasteiger partial charge on any atom is 0.326 e. The van der Waals surface area contributed by atoms with Crippen LogP contribution in [0.5, 0.6) is 0 Å². The number of amidine groups is 1. The maximum absolute atomic E-state index is 12.4. The highest BCUT2D eigenvalue weighted by atomic mass is 16.2. The average molecular weight is 318 g/mol.